The van der Waals surface area contributed by atoms with Crippen molar-refractivity contribution in [2.75, 3.05) is 0 Å². The van der Waals surface area contributed by atoms with Crippen LogP contribution in [0.25, 0.3) is 0 Å². The third-order valence-corrected chi connectivity index (χ3v) is 6.70. The molecule has 2 aromatic rings. The van der Waals surface area contributed by atoms with Crippen LogP contribution in [-0.4, -0.2) is 0 Å². The Morgan fingerprint density at radius 2 is 0.857 bits per heavy atom. The number of rotatable bonds is 0. The average Bonchev–Trinajstić information content (AvgIpc) is 2.84. The molecule has 2 nitrogen and oxygen atoms in total. The standard InChI is InChI=1S/C31H46N2.2HI/c1-2-4-8-12-16-24-32-26-19-23-31(29-32)21-15-11-7-5-9-13-17-25-33-27-18-22-30(28-33)20-14-10-6-3-1;;/h8-9,12-13,18-19,22-23,26-29H,1-7,10-11,14-17,20-21,24-25H2;2*1H/q+2;;/p-2/b12-8-,13-9-;;. The van der Waals surface area contributed by atoms with Gasteiger partial charge >= 0.3 is 0 Å². The molecule has 0 saturated carbocycles. The molecule has 194 valence electrons. The van der Waals surface area contributed by atoms with Crippen LogP contribution in [-0.2, 0) is 25.9 Å². The van der Waals surface area contributed by atoms with Crippen LogP contribution in [0, 0.1) is 0 Å². The molecule has 35 heavy (non-hydrogen) atoms. The Labute approximate surface area is 249 Å². The first-order valence-corrected chi connectivity index (χ1v) is 13.7. The summed E-state index contributed by atoms with van der Waals surface area (Å²) in [6.07, 6.45) is 37.9. The maximum absolute atomic E-state index is 2.40. The van der Waals surface area contributed by atoms with Crippen LogP contribution in [0.1, 0.15) is 94.6 Å². The van der Waals surface area contributed by atoms with Crippen molar-refractivity contribution in [3.63, 3.8) is 0 Å². The molecule has 2 aromatic heterocycles. The van der Waals surface area contributed by atoms with Crippen molar-refractivity contribution < 1.29 is 57.1 Å². The van der Waals surface area contributed by atoms with Gasteiger partial charge in [0.05, 0.1) is 0 Å². The van der Waals surface area contributed by atoms with Gasteiger partial charge in [-0.2, -0.15) is 0 Å². The number of allylic oxidation sites excluding steroid dienone is 4. The molecule has 0 spiro atoms. The first-order chi connectivity index (χ1) is 16.4. The lowest BCUT2D eigenvalue weighted by Gasteiger charge is -2.02. The second-order valence-corrected chi connectivity index (χ2v) is 9.68. The summed E-state index contributed by atoms with van der Waals surface area (Å²) in [6, 6.07) is 9.02. The van der Waals surface area contributed by atoms with Gasteiger partial charge in [0.25, 0.3) is 0 Å². The van der Waals surface area contributed by atoms with E-state index in [4.69, 9.17) is 0 Å². The van der Waals surface area contributed by atoms with Crippen molar-refractivity contribution in [2.45, 2.75) is 109 Å². The van der Waals surface area contributed by atoms with E-state index < -0.39 is 0 Å². The first-order valence-electron chi connectivity index (χ1n) is 13.7. The highest BCUT2D eigenvalue weighted by molar-refractivity contribution is 5.06. The Morgan fingerprint density at radius 1 is 0.457 bits per heavy atom. The van der Waals surface area contributed by atoms with E-state index in [1.54, 1.807) is 0 Å². The molecule has 4 heteroatoms. The van der Waals surface area contributed by atoms with E-state index >= 15 is 0 Å². The third-order valence-electron chi connectivity index (χ3n) is 6.70. The molecule has 0 amide bonds. The fourth-order valence-electron chi connectivity index (χ4n) is 4.71. The van der Waals surface area contributed by atoms with Gasteiger partial charge in [-0.15, -0.1) is 0 Å². The minimum atomic E-state index is 0. The minimum Gasteiger partial charge on any atom is -1.00 e. The predicted octanol–water partition coefficient (Wildman–Crippen LogP) is 1.25. The number of aryl methyl sites for hydroxylation is 4. The zero-order chi connectivity index (χ0) is 22.8. The van der Waals surface area contributed by atoms with Crippen LogP contribution in [0.15, 0.2) is 73.4 Å². The van der Waals surface area contributed by atoms with E-state index in [-0.39, 0.29) is 48.0 Å². The van der Waals surface area contributed by atoms with Crippen LogP contribution in [0.4, 0.5) is 0 Å². The topological polar surface area (TPSA) is 7.76 Å². The van der Waals surface area contributed by atoms with Crippen molar-refractivity contribution in [3.05, 3.63) is 84.5 Å². The molecular weight excluding hydrogens is 654 g/mol. The fraction of sp³-hybridized carbons (Fsp3) is 0.548. The van der Waals surface area contributed by atoms with Gasteiger partial charge in [0.2, 0.25) is 0 Å². The number of nitrogens with zero attached hydrogens (tertiary/aromatic N) is 2. The second kappa shape index (κ2) is 21.3. The SMILES string of the molecule is C1=C\CC[n+]2cccc(c2)CCCCC/C=C\CC[n+]2cccc(c2)CCCCCCCC/1.[I-].[I-]. The lowest BCUT2D eigenvalue weighted by atomic mass is 10.1. The van der Waals surface area contributed by atoms with E-state index in [0.717, 1.165) is 25.9 Å². The molecule has 3 rings (SSSR count). The molecule has 0 atom stereocenters. The Balaban J connectivity index is 0.00000306. The second-order valence-electron chi connectivity index (χ2n) is 9.68. The van der Waals surface area contributed by atoms with Crippen LogP contribution in [0.3, 0.4) is 0 Å². The molecule has 0 aromatic carbocycles. The Kier molecular flexibility index (Phi) is 19.7. The lowest BCUT2D eigenvalue weighted by Crippen LogP contribution is -3.00. The maximum atomic E-state index is 2.40. The van der Waals surface area contributed by atoms with E-state index in [2.05, 4.69) is 82.5 Å². The minimum absolute atomic E-state index is 0. The van der Waals surface area contributed by atoms with Crippen LogP contribution < -0.4 is 57.1 Å². The van der Waals surface area contributed by atoms with Gasteiger partial charge in [0.1, 0.15) is 0 Å². The summed E-state index contributed by atoms with van der Waals surface area (Å²) in [5, 5.41) is 0. The highest BCUT2D eigenvalue weighted by atomic mass is 127. The summed E-state index contributed by atoms with van der Waals surface area (Å²) in [5.41, 5.74) is 2.97. The van der Waals surface area contributed by atoms with Gasteiger partial charge in [-0.3, -0.25) is 0 Å². The van der Waals surface area contributed by atoms with Gasteiger partial charge < -0.3 is 48.0 Å². The van der Waals surface area contributed by atoms with Crippen molar-refractivity contribution in [2.24, 2.45) is 0 Å². The third kappa shape index (κ3) is 15.2. The van der Waals surface area contributed by atoms with Gasteiger partial charge in [-0.25, -0.2) is 9.13 Å². The van der Waals surface area contributed by atoms with Crippen LogP contribution in [0.5, 0.6) is 0 Å². The summed E-state index contributed by atoms with van der Waals surface area (Å²) in [6.45, 7) is 2.18. The number of halogens is 2. The highest BCUT2D eigenvalue weighted by Crippen LogP contribution is 2.11. The molecule has 4 bridgehead atoms. The number of hydrogen-bond acceptors (Lipinski definition) is 0. The van der Waals surface area contributed by atoms with Gasteiger partial charge in [0, 0.05) is 36.1 Å². The normalized spacial score (nSPS) is 19.2. The molecule has 1 aliphatic heterocycles. The number of fused-ring (bicyclic) bond motifs is 4. The predicted molar refractivity (Wildman–Crippen MR) is 139 cm³/mol. The van der Waals surface area contributed by atoms with Gasteiger partial charge in [-0.1, -0.05) is 56.4 Å². The quantitative estimate of drug-likeness (QED) is 0.223. The Morgan fingerprint density at radius 3 is 1.37 bits per heavy atom. The summed E-state index contributed by atoms with van der Waals surface area (Å²) in [4.78, 5) is 0. The summed E-state index contributed by atoms with van der Waals surface area (Å²) >= 11 is 0. The largest absolute Gasteiger partial charge is 1.00 e. The van der Waals surface area contributed by atoms with E-state index in [0.29, 0.717) is 0 Å². The number of pyridine rings is 2. The van der Waals surface area contributed by atoms with Crippen LogP contribution in [0.2, 0.25) is 0 Å². The molecule has 0 radical (unpaired) electrons. The van der Waals surface area contributed by atoms with E-state index in [9.17, 15) is 0 Å². The number of aromatic nitrogens is 2. The average molecular weight is 701 g/mol. The fourth-order valence-corrected chi connectivity index (χ4v) is 4.71. The van der Waals surface area contributed by atoms with Crippen molar-refractivity contribution >= 4 is 0 Å². The van der Waals surface area contributed by atoms with Gasteiger partial charge in [0.15, 0.2) is 37.9 Å². The first kappa shape index (κ1) is 32.3. The van der Waals surface area contributed by atoms with Crippen molar-refractivity contribution in [1.29, 1.82) is 0 Å². The van der Waals surface area contributed by atoms with Crippen molar-refractivity contribution in [3.8, 4) is 0 Å². The molecule has 0 aliphatic carbocycles. The van der Waals surface area contributed by atoms with E-state index in [1.807, 2.05) is 0 Å². The van der Waals surface area contributed by atoms with Crippen molar-refractivity contribution in [1.82, 2.24) is 0 Å². The molecule has 0 unspecified atom stereocenters. The monoisotopic (exact) mass is 700 g/mol. The maximum Gasteiger partial charge on any atom is 0.171 e. The molecule has 0 fully saturated rings. The molecule has 3 heterocycles. The zero-order valence-electron chi connectivity index (χ0n) is 21.6. The summed E-state index contributed by atoms with van der Waals surface area (Å²) in [5.74, 6) is 0. The summed E-state index contributed by atoms with van der Waals surface area (Å²) < 4.78 is 4.73. The van der Waals surface area contributed by atoms with Crippen LogP contribution >= 0.6 is 0 Å². The molecule has 0 N–H and O–H groups in total. The highest BCUT2D eigenvalue weighted by Gasteiger charge is 2.03. The Bertz CT molecular complexity index is 847. The zero-order valence-corrected chi connectivity index (χ0v) is 25.9. The summed E-state index contributed by atoms with van der Waals surface area (Å²) in [7, 11) is 0. The molecule has 0 saturated heterocycles. The van der Waals surface area contributed by atoms with Gasteiger partial charge in [-0.05, 0) is 63.5 Å². The number of hydrogen-bond donors (Lipinski definition) is 0. The lowest BCUT2D eigenvalue weighted by molar-refractivity contribution is -0.696. The molecule has 1 aliphatic rings. The molecular formula is C31H46I2N2. The smallest absolute Gasteiger partial charge is 0.171 e. The Hall–Kier alpha value is -0.760. The van der Waals surface area contributed by atoms with E-state index in [1.165, 1.54) is 94.6 Å².